The highest BCUT2D eigenvalue weighted by Crippen LogP contribution is 2.36. The Balaban J connectivity index is 2.13. The Morgan fingerprint density at radius 2 is 2.57 bits per heavy atom. The molecule has 8 heteroatoms. The van der Waals surface area contributed by atoms with Gasteiger partial charge in [0.25, 0.3) is 11.5 Å². The van der Waals surface area contributed by atoms with E-state index in [1.165, 1.54) is 0 Å². The lowest BCUT2D eigenvalue weighted by Gasteiger charge is -2.30. The van der Waals surface area contributed by atoms with Crippen molar-refractivity contribution in [3.63, 3.8) is 0 Å². The number of aromatic nitrogens is 1. The number of aromatic hydroxyl groups is 1. The van der Waals surface area contributed by atoms with Crippen LogP contribution in [0.4, 0.5) is 0 Å². The minimum Gasteiger partial charge on any atom is -0.506 e. The first-order valence-electron chi connectivity index (χ1n) is 16.4. The van der Waals surface area contributed by atoms with Gasteiger partial charge in [0.05, 0.1) is 12.5 Å². The van der Waals surface area contributed by atoms with E-state index in [0.717, 1.165) is 6.92 Å². The Hall–Kier alpha value is -1.57. The van der Waals surface area contributed by atoms with E-state index in [2.05, 4.69) is 0 Å². The molecule has 0 saturated carbocycles. The molecular weight excluding hydrogens is 398 g/mol. The normalized spacial score (nSPS) is 39.9. The van der Waals surface area contributed by atoms with Crippen LogP contribution >= 0.6 is 22.9 Å². The van der Waals surface area contributed by atoms with Crippen molar-refractivity contribution in [1.29, 1.82) is 0 Å². The smallest absolute Gasteiger partial charge is 0.268 e. The number of carbonyl (C=O) groups excluding carboxylic acids is 1. The minimum absolute atomic E-state index is 0.0720. The molecule has 3 rings (SSSR count). The zero-order valence-corrected chi connectivity index (χ0v) is 16.4. The number of halogens is 1. The van der Waals surface area contributed by atoms with Crippen LogP contribution in [0, 0.1) is 5.89 Å². The molecule has 1 fully saturated rings. The summed E-state index contributed by atoms with van der Waals surface area (Å²) in [4.78, 5) is 26.6. The maximum absolute atomic E-state index is 13.5. The first-order valence-corrected chi connectivity index (χ1v) is 9.16. The van der Waals surface area contributed by atoms with Crippen molar-refractivity contribution in [3.05, 3.63) is 26.3 Å². The number of carbonyl (C=O) groups is 1. The average molecular weight is 443 g/mol. The molecule has 0 radical (unpaired) electrons. The predicted octanol–water partition coefficient (Wildman–Crippen LogP) is 3.85. The monoisotopic (exact) mass is 442 g/mol. The first kappa shape index (κ1) is 8.28. The third kappa shape index (κ3) is 4.36. The highest BCUT2D eigenvalue weighted by molar-refractivity contribution is 7.22. The predicted molar refractivity (Wildman–Crippen MR) is 115 cm³/mol. The number of hydrogen-bond donors (Lipinski definition) is 2. The third-order valence-corrected chi connectivity index (χ3v) is 4.82. The van der Waals surface area contributed by atoms with E-state index in [0.29, 0.717) is 18.3 Å². The van der Waals surface area contributed by atoms with Crippen LogP contribution in [0.2, 0.25) is 5.75 Å². The molecule has 1 amide bonds. The standard InChI is InChI=1S/C20H28ClN3O3S/c1-12(2)24-19(27)16(17(25)14-10-15(21)28-20(14)24)18(26)22-7-5-9-23-8-4-6-13(3)11-23/h10,12-13,25H,4-9,11H2,1-3H3,(H,22,26)/i1D3,4D2,6D2,7D2,8D2,10D,11D2,12D,13D/hD. The summed E-state index contributed by atoms with van der Waals surface area (Å²) in [5.41, 5.74) is -3.05. The molecule has 2 atom stereocenters. The fourth-order valence-corrected chi connectivity index (χ4v) is 3.66. The van der Waals surface area contributed by atoms with Gasteiger partial charge in [-0.15, -0.1) is 11.3 Å². The van der Waals surface area contributed by atoms with E-state index in [-0.39, 0.29) is 13.8 Å². The SMILES string of the molecule is [2H]c1c(Cl)sc2c1c(O)c(C(=O)N([2H])C([2H])([2H])CCN1C([2H])([2H])C([2H])([2H])C([2H])([2H])C([2H])(C)C1([2H])[2H])c(=O)n2C([2H])(C)C([2H])([2H])[2H]. The molecule has 2 N–H and O–H groups in total. The summed E-state index contributed by atoms with van der Waals surface area (Å²) < 4.78 is 138. The quantitative estimate of drug-likeness (QED) is 0.712. The van der Waals surface area contributed by atoms with Crippen LogP contribution in [-0.2, 0) is 0 Å². The second-order valence-corrected chi connectivity index (χ2v) is 7.31. The molecule has 2 aromatic rings. The lowest BCUT2D eigenvalue weighted by molar-refractivity contribution is 0.0945. The third-order valence-electron chi connectivity index (χ3n) is 3.64. The van der Waals surface area contributed by atoms with Crippen LogP contribution in [0.5, 0.6) is 5.75 Å². The van der Waals surface area contributed by atoms with Crippen LogP contribution in [0.25, 0.3) is 10.2 Å². The largest absolute Gasteiger partial charge is 0.506 e. The molecule has 1 saturated heterocycles. The van der Waals surface area contributed by atoms with E-state index >= 15 is 0 Å². The molecular formula is C20H28ClN3O3S. The number of rotatable bonds is 6. The summed E-state index contributed by atoms with van der Waals surface area (Å²) in [7, 11) is 0. The molecule has 6 nitrogen and oxygen atoms in total. The zero-order valence-electron chi connectivity index (χ0n) is 31.8. The van der Waals surface area contributed by atoms with Crippen molar-refractivity contribution in [2.24, 2.45) is 5.89 Å². The second kappa shape index (κ2) is 8.84. The molecule has 28 heavy (non-hydrogen) atoms. The average Bonchev–Trinajstić information content (AvgIpc) is 3.14. The lowest BCUT2D eigenvalue weighted by Crippen LogP contribution is -2.37. The summed E-state index contributed by atoms with van der Waals surface area (Å²) in [5.74, 6) is -6.13. The summed E-state index contributed by atoms with van der Waals surface area (Å²) in [5, 5.41) is 9.77. The Morgan fingerprint density at radius 1 is 1.79 bits per heavy atom. The van der Waals surface area contributed by atoms with Crippen molar-refractivity contribution >= 4 is 39.1 Å². The van der Waals surface area contributed by atoms with E-state index in [4.69, 9.17) is 34.9 Å². The minimum atomic E-state index is -3.53. The van der Waals surface area contributed by atoms with Gasteiger partial charge in [0.15, 0.2) is 1.41 Å². The summed E-state index contributed by atoms with van der Waals surface area (Å²) >= 11 is 6.43. The number of amides is 1. The maximum Gasteiger partial charge on any atom is 0.268 e. The van der Waals surface area contributed by atoms with E-state index in [9.17, 15) is 14.7 Å². The molecule has 3 heterocycles. The van der Waals surface area contributed by atoms with E-state index in [1.807, 2.05) is 0 Å². The highest BCUT2D eigenvalue weighted by atomic mass is 35.5. The molecule has 2 unspecified atom stereocenters. The van der Waals surface area contributed by atoms with Crippen LogP contribution in [-0.4, -0.2) is 46.5 Å². The molecule has 0 bridgehead atoms. The Morgan fingerprint density at radius 3 is 3.32 bits per heavy atom. The van der Waals surface area contributed by atoms with E-state index in [1.54, 1.807) is 0 Å². The van der Waals surface area contributed by atoms with Gasteiger partial charge in [-0.2, -0.15) is 0 Å². The van der Waals surface area contributed by atoms with Crippen LogP contribution in [0.1, 0.15) is 78.2 Å². The van der Waals surface area contributed by atoms with Crippen LogP contribution in [0.3, 0.4) is 0 Å². The van der Waals surface area contributed by atoms with Gasteiger partial charge in [-0.25, -0.2) is 0 Å². The van der Waals surface area contributed by atoms with Gasteiger partial charge in [0.1, 0.15) is 16.1 Å². The maximum atomic E-state index is 13.5. The molecule has 2 aromatic heterocycles. The first-order chi connectivity index (χ1) is 19.8. The zero-order chi connectivity index (χ0) is 35.5. The summed E-state index contributed by atoms with van der Waals surface area (Å²) in [6, 6.07) is -3.50. The van der Waals surface area contributed by atoms with Crippen molar-refractivity contribution < 1.29 is 33.2 Å². The number of thiophene rings is 1. The van der Waals surface area contributed by atoms with Crippen molar-refractivity contribution in [1.82, 2.24) is 14.8 Å². The molecule has 1 aliphatic heterocycles. The summed E-state index contributed by atoms with van der Waals surface area (Å²) in [6.45, 7) is -13.0. The van der Waals surface area contributed by atoms with Crippen molar-refractivity contribution in [2.45, 2.75) is 45.9 Å². The van der Waals surface area contributed by atoms with Crippen LogP contribution in [0.15, 0.2) is 10.8 Å². The molecule has 0 aromatic carbocycles. The van der Waals surface area contributed by atoms with Gasteiger partial charge in [-0.05, 0) is 57.9 Å². The highest BCUT2D eigenvalue weighted by Gasteiger charge is 2.24. The van der Waals surface area contributed by atoms with Gasteiger partial charge in [-0.3, -0.25) is 14.2 Å². The molecule has 0 spiro atoms. The van der Waals surface area contributed by atoms with Crippen molar-refractivity contribution in [3.8, 4) is 5.75 Å². The Kier molecular flexibility index (Phi) is 2.62. The number of nitrogens with zero attached hydrogens (tertiary/aromatic N) is 2. The topological polar surface area (TPSA) is 74.6 Å². The number of fused-ring (bicyclic) bond motifs is 1. The second-order valence-electron chi connectivity index (χ2n) is 5.71. The molecule has 1 aliphatic rings. The number of nitrogens with one attached hydrogen (secondary N) is 1. The number of pyridine rings is 1. The number of likely N-dealkylation sites (tertiary alicyclic amines) is 1. The Labute approximate surface area is 198 Å². The fourth-order valence-electron chi connectivity index (χ4n) is 2.46. The van der Waals surface area contributed by atoms with Gasteiger partial charge in [-0.1, -0.05) is 18.5 Å². The van der Waals surface area contributed by atoms with Crippen molar-refractivity contribution in [2.75, 3.05) is 26.0 Å². The van der Waals surface area contributed by atoms with Gasteiger partial charge in [0, 0.05) is 38.2 Å². The van der Waals surface area contributed by atoms with Gasteiger partial charge < -0.3 is 15.3 Å². The molecule has 0 aliphatic carbocycles. The van der Waals surface area contributed by atoms with Crippen LogP contribution < -0.4 is 10.9 Å². The van der Waals surface area contributed by atoms with E-state index < -0.39 is 108 Å². The lowest BCUT2D eigenvalue weighted by atomic mass is 10.0. The number of piperidine rings is 1. The molecule has 154 valence electrons. The number of hydrogen-bond acceptors (Lipinski definition) is 5. The summed E-state index contributed by atoms with van der Waals surface area (Å²) in [6.07, 6.45) is -8.12. The van der Waals surface area contributed by atoms with Gasteiger partial charge in [0.2, 0.25) is 0 Å². The Bertz CT molecular complexity index is 1570. The fraction of sp³-hybridized carbons (Fsp3) is 0.600. The van der Waals surface area contributed by atoms with Gasteiger partial charge >= 0.3 is 0 Å².